The summed E-state index contributed by atoms with van der Waals surface area (Å²) >= 11 is 0. The van der Waals surface area contributed by atoms with Crippen LogP contribution in [0.4, 0.5) is 15.0 Å². The fourth-order valence-corrected chi connectivity index (χ4v) is 4.76. The molecule has 2 aliphatic rings. The highest BCUT2D eigenvalue weighted by molar-refractivity contribution is 5.92. The van der Waals surface area contributed by atoms with E-state index in [4.69, 9.17) is 14.5 Å². The van der Waals surface area contributed by atoms with Gasteiger partial charge in [-0.2, -0.15) is 0 Å². The Hall–Kier alpha value is -3.46. The summed E-state index contributed by atoms with van der Waals surface area (Å²) in [6.45, 7) is 4.99. The molecule has 0 radical (unpaired) electrons. The molecule has 2 fully saturated rings. The standard InChI is InChI=1S/C26H29FN4O4/c1-16-7-8-19-21(12-16)29-24(23-20(27)5-2-6-22(23)32)30-25(19)31-10-3-4-17(14-31)13-28-26(33)35-18-9-11-34-15-18/h2,5-8,12,17-18,32H,3-4,9-11,13-15H2,1H3,(H,28,33)/t17?,18-/m1/s1. The van der Waals surface area contributed by atoms with Crippen molar-refractivity contribution >= 4 is 22.8 Å². The number of rotatable bonds is 5. The number of alkyl carbamates (subject to hydrolysis) is 1. The van der Waals surface area contributed by atoms with Gasteiger partial charge in [-0.15, -0.1) is 0 Å². The second kappa shape index (κ2) is 10.0. The van der Waals surface area contributed by atoms with Crippen molar-refractivity contribution in [2.24, 2.45) is 5.92 Å². The number of amides is 1. The van der Waals surface area contributed by atoms with Crippen LogP contribution in [-0.2, 0) is 9.47 Å². The highest BCUT2D eigenvalue weighted by Gasteiger charge is 2.26. The van der Waals surface area contributed by atoms with E-state index in [9.17, 15) is 14.3 Å². The molecule has 2 saturated heterocycles. The zero-order valence-electron chi connectivity index (χ0n) is 19.7. The molecule has 184 valence electrons. The number of phenolic OH excluding ortho intramolecular Hbond substituents is 1. The Morgan fingerprint density at radius 2 is 2.17 bits per heavy atom. The fraction of sp³-hybridized carbons (Fsp3) is 0.423. The third-order valence-corrected chi connectivity index (χ3v) is 6.56. The van der Waals surface area contributed by atoms with Gasteiger partial charge in [0.1, 0.15) is 23.5 Å². The number of carbonyl (C=O) groups excluding carboxylic acids is 1. The lowest BCUT2D eigenvalue weighted by Gasteiger charge is -2.34. The molecule has 2 aliphatic heterocycles. The maximum Gasteiger partial charge on any atom is 0.407 e. The molecule has 0 aliphatic carbocycles. The molecule has 0 saturated carbocycles. The Labute approximate surface area is 203 Å². The number of aryl methyl sites for hydroxylation is 1. The van der Waals surface area contributed by atoms with Gasteiger partial charge in [0, 0.05) is 31.4 Å². The number of halogens is 1. The minimum atomic E-state index is -0.574. The Kier molecular flexibility index (Phi) is 6.68. The quantitative estimate of drug-likeness (QED) is 0.565. The third-order valence-electron chi connectivity index (χ3n) is 6.56. The highest BCUT2D eigenvalue weighted by atomic mass is 19.1. The number of aromatic nitrogens is 2. The van der Waals surface area contributed by atoms with Crippen molar-refractivity contribution in [1.82, 2.24) is 15.3 Å². The number of nitrogens with one attached hydrogen (secondary N) is 1. The molecule has 3 heterocycles. The first kappa shape index (κ1) is 23.3. The van der Waals surface area contributed by atoms with E-state index in [-0.39, 0.29) is 29.2 Å². The summed E-state index contributed by atoms with van der Waals surface area (Å²) in [4.78, 5) is 23.7. The van der Waals surface area contributed by atoms with E-state index in [1.807, 2.05) is 25.1 Å². The van der Waals surface area contributed by atoms with E-state index in [0.717, 1.165) is 36.8 Å². The smallest absolute Gasteiger partial charge is 0.407 e. The van der Waals surface area contributed by atoms with Gasteiger partial charge in [0.2, 0.25) is 0 Å². The Balaban J connectivity index is 1.39. The molecule has 1 unspecified atom stereocenters. The molecule has 2 aromatic carbocycles. The van der Waals surface area contributed by atoms with E-state index in [1.54, 1.807) is 0 Å². The topological polar surface area (TPSA) is 96.8 Å². The van der Waals surface area contributed by atoms with Crippen LogP contribution in [0, 0.1) is 18.7 Å². The monoisotopic (exact) mass is 480 g/mol. The Morgan fingerprint density at radius 1 is 1.29 bits per heavy atom. The minimum Gasteiger partial charge on any atom is -0.507 e. The Bertz CT molecular complexity index is 1210. The lowest BCUT2D eigenvalue weighted by atomic mass is 9.97. The molecule has 3 aromatic rings. The van der Waals surface area contributed by atoms with Gasteiger partial charge in [0.15, 0.2) is 5.82 Å². The first-order chi connectivity index (χ1) is 17.0. The summed E-state index contributed by atoms with van der Waals surface area (Å²) in [5.41, 5.74) is 1.71. The van der Waals surface area contributed by atoms with Crippen LogP contribution < -0.4 is 10.2 Å². The summed E-state index contributed by atoms with van der Waals surface area (Å²) in [5.74, 6) is 0.279. The molecule has 35 heavy (non-hydrogen) atoms. The molecule has 9 heteroatoms. The predicted molar refractivity (Wildman–Crippen MR) is 130 cm³/mol. The first-order valence-electron chi connectivity index (χ1n) is 12.0. The fourth-order valence-electron chi connectivity index (χ4n) is 4.76. The number of hydrogen-bond acceptors (Lipinski definition) is 7. The van der Waals surface area contributed by atoms with Gasteiger partial charge in [-0.05, 0) is 55.5 Å². The number of anilines is 1. The van der Waals surface area contributed by atoms with Gasteiger partial charge < -0.3 is 24.8 Å². The van der Waals surface area contributed by atoms with Crippen LogP contribution in [0.25, 0.3) is 22.3 Å². The molecule has 2 atom stereocenters. The van der Waals surface area contributed by atoms with Crippen molar-refractivity contribution in [2.75, 3.05) is 37.7 Å². The van der Waals surface area contributed by atoms with Gasteiger partial charge in [0.25, 0.3) is 0 Å². The molecule has 0 spiro atoms. The summed E-state index contributed by atoms with van der Waals surface area (Å²) in [6.07, 6.45) is 2.02. The van der Waals surface area contributed by atoms with Gasteiger partial charge >= 0.3 is 6.09 Å². The first-order valence-corrected chi connectivity index (χ1v) is 12.0. The summed E-state index contributed by atoms with van der Waals surface area (Å²) < 4.78 is 25.3. The van der Waals surface area contributed by atoms with Crippen molar-refractivity contribution in [2.45, 2.75) is 32.3 Å². The van der Waals surface area contributed by atoms with Crippen LogP contribution in [-0.4, -0.2) is 60.1 Å². The minimum absolute atomic E-state index is 0.00831. The maximum atomic E-state index is 14.7. The number of carbonyl (C=O) groups is 1. The number of ether oxygens (including phenoxy) is 2. The number of benzene rings is 2. The van der Waals surface area contributed by atoms with Crippen LogP contribution in [0.15, 0.2) is 36.4 Å². The second-order valence-corrected chi connectivity index (χ2v) is 9.25. The van der Waals surface area contributed by atoms with Gasteiger partial charge in [-0.1, -0.05) is 12.1 Å². The summed E-state index contributed by atoms with van der Waals surface area (Å²) in [7, 11) is 0. The van der Waals surface area contributed by atoms with Crippen LogP contribution in [0.3, 0.4) is 0 Å². The van der Waals surface area contributed by atoms with E-state index in [0.29, 0.717) is 37.6 Å². The molecule has 1 aromatic heterocycles. The summed E-state index contributed by atoms with van der Waals surface area (Å²) in [6, 6.07) is 10.1. The van der Waals surface area contributed by atoms with Crippen LogP contribution in [0.2, 0.25) is 0 Å². The molecule has 1 amide bonds. The van der Waals surface area contributed by atoms with E-state index in [2.05, 4.69) is 15.2 Å². The number of hydrogen-bond donors (Lipinski definition) is 2. The van der Waals surface area contributed by atoms with Crippen molar-refractivity contribution in [3.05, 3.63) is 47.8 Å². The van der Waals surface area contributed by atoms with Gasteiger partial charge in [-0.3, -0.25) is 0 Å². The average molecular weight is 481 g/mol. The zero-order chi connectivity index (χ0) is 24.4. The second-order valence-electron chi connectivity index (χ2n) is 9.25. The van der Waals surface area contributed by atoms with E-state index < -0.39 is 11.9 Å². The van der Waals surface area contributed by atoms with Crippen molar-refractivity contribution in [1.29, 1.82) is 0 Å². The largest absolute Gasteiger partial charge is 0.507 e. The van der Waals surface area contributed by atoms with Crippen molar-refractivity contribution in [3.8, 4) is 17.1 Å². The van der Waals surface area contributed by atoms with Crippen molar-refractivity contribution in [3.63, 3.8) is 0 Å². The molecular formula is C26H29FN4O4. The molecule has 2 N–H and O–H groups in total. The van der Waals surface area contributed by atoms with E-state index >= 15 is 0 Å². The van der Waals surface area contributed by atoms with Gasteiger partial charge in [-0.25, -0.2) is 19.2 Å². The zero-order valence-corrected chi connectivity index (χ0v) is 19.7. The number of aromatic hydroxyl groups is 1. The van der Waals surface area contributed by atoms with Gasteiger partial charge in [0.05, 0.1) is 24.3 Å². The number of fused-ring (bicyclic) bond motifs is 1. The molecular weight excluding hydrogens is 451 g/mol. The lowest BCUT2D eigenvalue weighted by molar-refractivity contribution is 0.0821. The van der Waals surface area contributed by atoms with Crippen LogP contribution in [0.5, 0.6) is 5.75 Å². The molecule has 8 nitrogen and oxygen atoms in total. The van der Waals surface area contributed by atoms with Crippen molar-refractivity contribution < 1.29 is 23.8 Å². The molecule has 5 rings (SSSR count). The Morgan fingerprint density at radius 3 is 2.97 bits per heavy atom. The average Bonchev–Trinajstić information content (AvgIpc) is 3.35. The maximum absolute atomic E-state index is 14.7. The van der Waals surface area contributed by atoms with Crippen LogP contribution >= 0.6 is 0 Å². The predicted octanol–water partition coefficient (Wildman–Crippen LogP) is 4.18. The SMILES string of the molecule is Cc1ccc2c(N3CCCC(CNC(=O)O[C@@H]4CCOC4)C3)nc(-c3c(O)cccc3F)nc2c1. The lowest BCUT2D eigenvalue weighted by Crippen LogP contribution is -2.42. The number of phenols is 1. The summed E-state index contributed by atoms with van der Waals surface area (Å²) in [5, 5.41) is 14.1. The normalized spacial score (nSPS) is 20.2. The van der Waals surface area contributed by atoms with E-state index in [1.165, 1.54) is 18.2 Å². The third kappa shape index (κ3) is 5.14. The highest BCUT2D eigenvalue weighted by Crippen LogP contribution is 2.35. The number of nitrogens with zero attached hydrogens (tertiary/aromatic N) is 3. The molecule has 0 bridgehead atoms. The van der Waals surface area contributed by atoms with Crippen LogP contribution in [0.1, 0.15) is 24.8 Å². The number of piperidine rings is 1.